The van der Waals surface area contributed by atoms with Gasteiger partial charge in [-0.3, -0.25) is 0 Å². The largest absolute Gasteiger partial charge is 0.455 e. The predicted octanol–water partition coefficient (Wildman–Crippen LogP) is 4.37. The summed E-state index contributed by atoms with van der Waals surface area (Å²) in [4.78, 5) is 12.5. The molecular weight excluding hydrogens is 260 g/mol. The van der Waals surface area contributed by atoms with E-state index in [0.29, 0.717) is 5.56 Å². The first-order valence-electron chi connectivity index (χ1n) is 8.35. The minimum Gasteiger partial charge on any atom is -0.455 e. The van der Waals surface area contributed by atoms with Crippen molar-refractivity contribution in [3.63, 3.8) is 0 Å². The number of hydrogen-bond acceptors (Lipinski definition) is 2. The van der Waals surface area contributed by atoms with E-state index in [0.717, 1.165) is 42.9 Å². The summed E-state index contributed by atoms with van der Waals surface area (Å²) in [5, 5.41) is 0. The van der Waals surface area contributed by atoms with Gasteiger partial charge < -0.3 is 4.74 Å². The molecule has 1 aromatic carbocycles. The Labute approximate surface area is 126 Å². The molecule has 5 rings (SSSR count). The van der Waals surface area contributed by atoms with Gasteiger partial charge in [0.05, 0.1) is 5.56 Å². The Morgan fingerprint density at radius 2 is 1.71 bits per heavy atom. The normalized spacial score (nSPS) is 40.3. The lowest BCUT2D eigenvalue weighted by atomic mass is 9.50. The van der Waals surface area contributed by atoms with E-state index in [-0.39, 0.29) is 11.6 Å². The molecule has 2 nitrogen and oxygen atoms in total. The number of esters is 1. The highest BCUT2D eigenvalue weighted by Gasteiger charge is 2.56. The number of carbonyl (C=O) groups excluding carboxylic acids is 1. The Balaban J connectivity index is 1.54. The number of hydrogen-bond donors (Lipinski definition) is 0. The van der Waals surface area contributed by atoms with Gasteiger partial charge in [0.15, 0.2) is 0 Å². The zero-order chi connectivity index (χ0) is 14.6. The molecule has 0 saturated heterocycles. The van der Waals surface area contributed by atoms with Crippen LogP contribution in [0.3, 0.4) is 0 Å². The third kappa shape index (κ3) is 2.20. The topological polar surface area (TPSA) is 26.3 Å². The average Bonchev–Trinajstić information content (AvgIpc) is 2.44. The van der Waals surface area contributed by atoms with Crippen molar-refractivity contribution in [1.82, 2.24) is 0 Å². The zero-order valence-electron chi connectivity index (χ0n) is 13.0. The molecule has 4 fully saturated rings. The average molecular weight is 284 g/mol. The Bertz CT molecular complexity index is 543. The van der Waals surface area contributed by atoms with Gasteiger partial charge in [-0.2, -0.15) is 0 Å². The lowest BCUT2D eigenvalue weighted by Gasteiger charge is -2.58. The van der Waals surface area contributed by atoms with Crippen LogP contribution in [0.4, 0.5) is 0 Å². The van der Waals surface area contributed by atoms with Gasteiger partial charge in [-0.05, 0) is 74.8 Å². The Morgan fingerprint density at radius 3 is 2.33 bits per heavy atom. The number of aryl methyl sites for hydroxylation is 1. The minimum absolute atomic E-state index is 0.121. The van der Waals surface area contributed by atoms with Crippen LogP contribution in [0.1, 0.15) is 54.9 Å². The van der Waals surface area contributed by atoms with E-state index in [9.17, 15) is 4.79 Å². The van der Waals surface area contributed by atoms with Crippen molar-refractivity contribution in [2.24, 2.45) is 23.7 Å². The Kier molecular flexibility index (Phi) is 2.92. The molecule has 4 aliphatic rings. The molecule has 2 atom stereocenters. The standard InChI is InChI=1S/C19H24O2/c1-12-3-5-15(6-4-12)18(20)21-19-9-14-7-16(10-19)13(2)17(8-14)11-19/h3-6,13-14,16-17H,7-11H2,1-2H3. The third-order valence-electron chi connectivity index (χ3n) is 6.28. The number of ether oxygens (including phenoxy) is 1. The molecule has 112 valence electrons. The van der Waals surface area contributed by atoms with Crippen molar-refractivity contribution in [2.75, 3.05) is 0 Å². The molecule has 0 spiro atoms. The maximum atomic E-state index is 12.5. The summed E-state index contributed by atoms with van der Waals surface area (Å²) >= 11 is 0. The lowest BCUT2D eigenvalue weighted by molar-refractivity contribution is -0.152. The first kappa shape index (κ1) is 13.4. The van der Waals surface area contributed by atoms with Crippen molar-refractivity contribution in [1.29, 1.82) is 0 Å². The number of carbonyl (C=O) groups is 1. The second-order valence-corrected chi connectivity index (χ2v) is 7.77. The zero-order valence-corrected chi connectivity index (χ0v) is 13.0. The van der Waals surface area contributed by atoms with Gasteiger partial charge in [0.25, 0.3) is 0 Å². The van der Waals surface area contributed by atoms with Gasteiger partial charge in [0.2, 0.25) is 0 Å². The van der Waals surface area contributed by atoms with Gasteiger partial charge in [0.1, 0.15) is 5.60 Å². The van der Waals surface area contributed by atoms with Gasteiger partial charge >= 0.3 is 5.97 Å². The SMILES string of the molecule is Cc1ccc(C(=O)OC23CC4CC(C2)C(C)C(C4)C3)cc1. The second-order valence-electron chi connectivity index (χ2n) is 7.77. The van der Waals surface area contributed by atoms with Gasteiger partial charge in [-0.1, -0.05) is 24.6 Å². The summed E-state index contributed by atoms with van der Waals surface area (Å²) in [6.45, 7) is 4.44. The van der Waals surface area contributed by atoms with Crippen molar-refractivity contribution < 1.29 is 9.53 Å². The Hall–Kier alpha value is -1.31. The molecule has 0 radical (unpaired) electrons. The maximum Gasteiger partial charge on any atom is 0.338 e. The van der Waals surface area contributed by atoms with Crippen molar-refractivity contribution in [3.8, 4) is 0 Å². The highest BCUT2D eigenvalue weighted by atomic mass is 16.6. The second kappa shape index (κ2) is 4.59. The van der Waals surface area contributed by atoms with Crippen LogP contribution in [-0.2, 0) is 4.74 Å². The van der Waals surface area contributed by atoms with Gasteiger partial charge in [-0.15, -0.1) is 0 Å². The van der Waals surface area contributed by atoms with Crippen LogP contribution in [0.5, 0.6) is 0 Å². The van der Waals surface area contributed by atoms with E-state index in [4.69, 9.17) is 4.74 Å². The van der Waals surface area contributed by atoms with Crippen LogP contribution >= 0.6 is 0 Å². The molecule has 0 heterocycles. The van der Waals surface area contributed by atoms with E-state index in [1.54, 1.807) is 0 Å². The highest BCUT2D eigenvalue weighted by molar-refractivity contribution is 5.89. The molecule has 2 heteroatoms. The molecule has 4 aliphatic carbocycles. The first-order valence-corrected chi connectivity index (χ1v) is 8.35. The van der Waals surface area contributed by atoms with E-state index in [2.05, 4.69) is 6.92 Å². The molecule has 4 bridgehead atoms. The Morgan fingerprint density at radius 1 is 1.10 bits per heavy atom. The summed E-state index contributed by atoms with van der Waals surface area (Å²) in [6, 6.07) is 7.75. The molecule has 21 heavy (non-hydrogen) atoms. The highest BCUT2D eigenvalue weighted by Crippen LogP contribution is 2.59. The third-order valence-corrected chi connectivity index (χ3v) is 6.28. The lowest BCUT2D eigenvalue weighted by Crippen LogP contribution is -2.55. The van der Waals surface area contributed by atoms with Crippen LogP contribution < -0.4 is 0 Å². The summed E-state index contributed by atoms with van der Waals surface area (Å²) < 4.78 is 6.09. The summed E-state index contributed by atoms with van der Waals surface area (Å²) in [5.41, 5.74) is 1.73. The maximum absolute atomic E-state index is 12.5. The van der Waals surface area contributed by atoms with Gasteiger partial charge in [-0.25, -0.2) is 4.79 Å². The molecule has 0 N–H and O–H groups in total. The van der Waals surface area contributed by atoms with E-state index >= 15 is 0 Å². The summed E-state index contributed by atoms with van der Waals surface area (Å²) in [6.07, 6.45) is 6.02. The first-order chi connectivity index (χ1) is 10.0. The molecule has 0 amide bonds. The van der Waals surface area contributed by atoms with Crippen LogP contribution in [0.15, 0.2) is 24.3 Å². The van der Waals surface area contributed by atoms with Crippen LogP contribution in [0, 0.1) is 30.6 Å². The fourth-order valence-electron chi connectivity index (χ4n) is 5.27. The molecule has 1 aromatic rings. The predicted molar refractivity (Wildman–Crippen MR) is 82.0 cm³/mol. The van der Waals surface area contributed by atoms with Crippen LogP contribution in [0.2, 0.25) is 0 Å². The monoisotopic (exact) mass is 284 g/mol. The van der Waals surface area contributed by atoms with Gasteiger partial charge in [0, 0.05) is 0 Å². The van der Waals surface area contributed by atoms with E-state index in [1.807, 2.05) is 31.2 Å². The van der Waals surface area contributed by atoms with Crippen molar-refractivity contribution in [3.05, 3.63) is 35.4 Å². The minimum atomic E-state index is -0.148. The van der Waals surface area contributed by atoms with Crippen LogP contribution in [-0.4, -0.2) is 11.6 Å². The molecule has 0 aromatic heterocycles. The molecule has 0 aliphatic heterocycles. The molecule has 4 saturated carbocycles. The van der Waals surface area contributed by atoms with Crippen LogP contribution in [0.25, 0.3) is 0 Å². The smallest absolute Gasteiger partial charge is 0.338 e. The van der Waals surface area contributed by atoms with E-state index in [1.165, 1.54) is 18.4 Å². The summed E-state index contributed by atoms with van der Waals surface area (Å²) in [5.74, 6) is 3.06. The summed E-state index contributed by atoms with van der Waals surface area (Å²) in [7, 11) is 0. The quantitative estimate of drug-likeness (QED) is 0.754. The number of rotatable bonds is 2. The fourth-order valence-corrected chi connectivity index (χ4v) is 5.27. The fraction of sp³-hybridized carbons (Fsp3) is 0.632. The molecular formula is C19H24O2. The van der Waals surface area contributed by atoms with E-state index < -0.39 is 0 Å². The molecule has 2 unspecified atom stereocenters. The van der Waals surface area contributed by atoms with Crippen molar-refractivity contribution >= 4 is 5.97 Å². The van der Waals surface area contributed by atoms with Crippen molar-refractivity contribution in [2.45, 2.75) is 51.6 Å². The number of benzene rings is 1.